The van der Waals surface area contributed by atoms with E-state index in [1.165, 1.54) is 6.08 Å². The number of nitrogens with zero attached hydrogens (tertiary/aromatic N) is 1. The second-order valence-corrected chi connectivity index (χ2v) is 8.49. The van der Waals surface area contributed by atoms with Crippen LogP contribution in [0.4, 0.5) is 5.69 Å². The van der Waals surface area contributed by atoms with Gasteiger partial charge in [-0.2, -0.15) is 5.26 Å². The maximum atomic E-state index is 12.7. The molecular weight excluding hydrogens is 532 g/mol. The molecule has 0 saturated carbocycles. The molecule has 0 fully saturated rings. The van der Waals surface area contributed by atoms with Crippen molar-refractivity contribution in [2.45, 2.75) is 20.5 Å². The van der Waals surface area contributed by atoms with Crippen LogP contribution < -0.4 is 19.5 Å². The molecule has 0 spiro atoms. The largest absolute Gasteiger partial charge is 0.490 e. The second kappa shape index (κ2) is 12.8. The minimum atomic E-state index is -0.528. The molecule has 3 aromatic rings. The molecule has 0 aromatic heterocycles. The lowest BCUT2D eigenvalue weighted by Gasteiger charge is -2.13. The van der Waals surface area contributed by atoms with Crippen molar-refractivity contribution in [3.63, 3.8) is 0 Å². The van der Waals surface area contributed by atoms with Gasteiger partial charge in [-0.25, -0.2) is 0 Å². The Morgan fingerprint density at radius 2 is 1.77 bits per heavy atom. The van der Waals surface area contributed by atoms with Gasteiger partial charge in [-0.1, -0.05) is 29.8 Å². The number of halogens is 2. The minimum absolute atomic E-state index is 0.0532. The lowest BCUT2D eigenvalue weighted by atomic mass is 10.1. The lowest BCUT2D eigenvalue weighted by Crippen LogP contribution is -2.13. The predicted octanol–water partition coefficient (Wildman–Crippen LogP) is 7.02. The number of hydrogen-bond donors (Lipinski definition) is 1. The molecule has 0 saturated heterocycles. The zero-order chi connectivity index (χ0) is 25.2. The van der Waals surface area contributed by atoms with Crippen LogP contribution in [0.1, 0.15) is 25.0 Å². The number of ether oxygens (including phenoxy) is 3. The molecule has 180 valence electrons. The molecule has 35 heavy (non-hydrogen) atoms. The van der Waals surface area contributed by atoms with E-state index in [4.69, 9.17) is 25.8 Å². The Hall–Kier alpha value is -3.47. The first-order chi connectivity index (χ1) is 16.9. The van der Waals surface area contributed by atoms with Crippen LogP contribution in [0, 0.1) is 11.3 Å². The summed E-state index contributed by atoms with van der Waals surface area (Å²) >= 11 is 9.63. The van der Waals surface area contributed by atoms with Crippen LogP contribution in [0.5, 0.6) is 17.2 Å². The van der Waals surface area contributed by atoms with Crippen LogP contribution in [0.15, 0.2) is 70.7 Å². The zero-order valence-corrected chi connectivity index (χ0v) is 21.7. The molecule has 0 unspecified atom stereocenters. The highest BCUT2D eigenvalue weighted by Gasteiger charge is 2.14. The van der Waals surface area contributed by atoms with E-state index in [0.717, 1.165) is 5.56 Å². The molecule has 8 heteroatoms. The van der Waals surface area contributed by atoms with Gasteiger partial charge in [-0.05, 0) is 83.9 Å². The number of rotatable bonds is 10. The van der Waals surface area contributed by atoms with E-state index in [2.05, 4.69) is 21.2 Å². The van der Waals surface area contributed by atoms with Crippen LogP contribution >= 0.6 is 27.5 Å². The molecule has 3 aromatic carbocycles. The normalized spacial score (nSPS) is 10.9. The van der Waals surface area contributed by atoms with Crippen molar-refractivity contribution in [1.29, 1.82) is 5.26 Å². The molecule has 1 amide bonds. The van der Waals surface area contributed by atoms with E-state index >= 15 is 0 Å². The van der Waals surface area contributed by atoms with Gasteiger partial charge in [0.2, 0.25) is 0 Å². The van der Waals surface area contributed by atoms with Crippen molar-refractivity contribution in [2.24, 2.45) is 0 Å². The average molecular weight is 556 g/mol. The number of carbonyl (C=O) groups excluding carboxylic acids is 1. The maximum absolute atomic E-state index is 12.7. The van der Waals surface area contributed by atoms with Crippen LogP contribution in [0.2, 0.25) is 5.02 Å². The standard InChI is InChI=1S/C27H24BrClN2O4/c1-3-33-25-15-18(14-23(28)26(25)34-4-2)13-20(16-30)27(32)31-21-9-11-22(12-10-21)35-17-19-7-5-6-8-24(19)29/h5-15H,3-4,17H2,1-2H3,(H,31,32)/b20-13+. The van der Waals surface area contributed by atoms with Gasteiger partial charge in [0.25, 0.3) is 5.91 Å². The van der Waals surface area contributed by atoms with Crippen molar-refractivity contribution >= 4 is 45.2 Å². The van der Waals surface area contributed by atoms with Gasteiger partial charge in [0.15, 0.2) is 11.5 Å². The Labute approximate surface area is 218 Å². The number of hydrogen-bond acceptors (Lipinski definition) is 5. The van der Waals surface area contributed by atoms with Crippen LogP contribution in [-0.4, -0.2) is 19.1 Å². The third-order valence-corrected chi connectivity index (χ3v) is 5.72. The summed E-state index contributed by atoms with van der Waals surface area (Å²) in [4.78, 5) is 12.7. The summed E-state index contributed by atoms with van der Waals surface area (Å²) < 4.78 is 17.7. The Balaban J connectivity index is 1.70. The SMILES string of the molecule is CCOc1cc(/C=C(\C#N)C(=O)Nc2ccc(OCc3ccccc3Cl)cc2)cc(Br)c1OCC. The molecular formula is C27H24BrClN2O4. The molecule has 6 nitrogen and oxygen atoms in total. The topological polar surface area (TPSA) is 80.6 Å². The zero-order valence-electron chi connectivity index (χ0n) is 19.3. The Morgan fingerprint density at radius 3 is 2.43 bits per heavy atom. The summed E-state index contributed by atoms with van der Waals surface area (Å²) in [7, 11) is 0. The number of nitrogens with one attached hydrogen (secondary N) is 1. The van der Waals surface area contributed by atoms with E-state index in [1.807, 2.05) is 44.2 Å². The van der Waals surface area contributed by atoms with Crippen LogP contribution in [0.3, 0.4) is 0 Å². The fourth-order valence-electron chi connectivity index (χ4n) is 3.14. The number of benzene rings is 3. The molecule has 0 heterocycles. The molecule has 0 bridgehead atoms. The third kappa shape index (κ3) is 7.25. The summed E-state index contributed by atoms with van der Waals surface area (Å²) in [5, 5.41) is 13.0. The summed E-state index contributed by atoms with van der Waals surface area (Å²) in [6.45, 7) is 5.00. The maximum Gasteiger partial charge on any atom is 0.266 e. The Kier molecular flexibility index (Phi) is 9.59. The predicted molar refractivity (Wildman–Crippen MR) is 141 cm³/mol. The van der Waals surface area contributed by atoms with Gasteiger partial charge in [0.1, 0.15) is 24.0 Å². The average Bonchev–Trinajstić information content (AvgIpc) is 2.85. The summed E-state index contributed by atoms with van der Waals surface area (Å²) in [5.74, 6) is 1.20. The van der Waals surface area contributed by atoms with E-state index in [-0.39, 0.29) is 5.57 Å². The monoisotopic (exact) mass is 554 g/mol. The van der Waals surface area contributed by atoms with Gasteiger partial charge < -0.3 is 19.5 Å². The Bertz CT molecular complexity index is 1250. The molecule has 0 aliphatic rings. The third-order valence-electron chi connectivity index (χ3n) is 4.76. The van der Waals surface area contributed by atoms with E-state index in [0.29, 0.717) is 57.8 Å². The minimum Gasteiger partial charge on any atom is -0.490 e. The smallest absolute Gasteiger partial charge is 0.266 e. The highest BCUT2D eigenvalue weighted by molar-refractivity contribution is 9.10. The van der Waals surface area contributed by atoms with Crippen LogP contribution in [-0.2, 0) is 11.4 Å². The van der Waals surface area contributed by atoms with Crippen molar-refractivity contribution < 1.29 is 19.0 Å². The van der Waals surface area contributed by atoms with E-state index in [1.54, 1.807) is 36.4 Å². The molecule has 0 radical (unpaired) electrons. The van der Waals surface area contributed by atoms with E-state index < -0.39 is 5.91 Å². The fraction of sp³-hybridized carbons (Fsp3) is 0.185. The number of anilines is 1. The van der Waals surface area contributed by atoms with Crippen molar-refractivity contribution in [3.8, 4) is 23.3 Å². The molecule has 0 aliphatic heterocycles. The number of nitriles is 1. The summed E-state index contributed by atoms with van der Waals surface area (Å²) in [5.41, 5.74) is 1.98. The van der Waals surface area contributed by atoms with Crippen molar-refractivity contribution in [2.75, 3.05) is 18.5 Å². The van der Waals surface area contributed by atoms with Gasteiger partial charge >= 0.3 is 0 Å². The first kappa shape index (κ1) is 26.1. The molecule has 3 rings (SSSR count). The Morgan fingerprint density at radius 1 is 1.06 bits per heavy atom. The quantitative estimate of drug-likeness (QED) is 0.215. The van der Waals surface area contributed by atoms with Crippen molar-refractivity contribution in [3.05, 3.63) is 86.9 Å². The lowest BCUT2D eigenvalue weighted by molar-refractivity contribution is -0.112. The second-order valence-electron chi connectivity index (χ2n) is 7.22. The molecule has 0 aliphatic carbocycles. The van der Waals surface area contributed by atoms with Gasteiger partial charge in [-0.15, -0.1) is 0 Å². The van der Waals surface area contributed by atoms with Gasteiger partial charge in [0.05, 0.1) is 17.7 Å². The van der Waals surface area contributed by atoms with Gasteiger partial charge in [0, 0.05) is 16.3 Å². The van der Waals surface area contributed by atoms with Crippen LogP contribution in [0.25, 0.3) is 6.08 Å². The van der Waals surface area contributed by atoms with Gasteiger partial charge in [-0.3, -0.25) is 4.79 Å². The summed E-state index contributed by atoms with van der Waals surface area (Å²) in [6.07, 6.45) is 1.50. The highest BCUT2D eigenvalue weighted by atomic mass is 79.9. The number of amides is 1. The van der Waals surface area contributed by atoms with Crippen molar-refractivity contribution in [1.82, 2.24) is 0 Å². The first-order valence-corrected chi connectivity index (χ1v) is 12.1. The molecule has 1 N–H and O–H groups in total. The molecule has 0 atom stereocenters. The van der Waals surface area contributed by atoms with E-state index in [9.17, 15) is 10.1 Å². The first-order valence-electron chi connectivity index (χ1n) is 10.9. The summed E-state index contributed by atoms with van der Waals surface area (Å²) in [6, 6.07) is 19.8. The number of carbonyl (C=O) groups is 1. The fourth-order valence-corrected chi connectivity index (χ4v) is 3.91. The highest BCUT2D eigenvalue weighted by Crippen LogP contribution is 2.37.